The molecule has 0 fully saturated rings. The van der Waals surface area contributed by atoms with E-state index < -0.39 is 3.79 Å². The molecule has 0 N–H and O–H groups in total. The van der Waals surface area contributed by atoms with Crippen LogP contribution in [-0.4, -0.2) is 12.1 Å². The summed E-state index contributed by atoms with van der Waals surface area (Å²) in [5.41, 5.74) is 0.541. The highest BCUT2D eigenvalue weighted by molar-refractivity contribution is 6.66. The summed E-state index contributed by atoms with van der Waals surface area (Å²) in [6.07, 6.45) is 1.52. The summed E-state index contributed by atoms with van der Waals surface area (Å²) in [6, 6.07) is 3.20. The molecule has 1 heterocycles. The fourth-order valence-electron chi connectivity index (χ4n) is 0.697. The van der Waals surface area contributed by atoms with Gasteiger partial charge in [0.25, 0.3) is 0 Å². The summed E-state index contributed by atoms with van der Waals surface area (Å²) in [4.78, 5) is 3.87. The van der Waals surface area contributed by atoms with E-state index in [0.29, 0.717) is 11.4 Å². The van der Waals surface area contributed by atoms with E-state index in [1.54, 1.807) is 12.1 Å². The SMILES string of the molecule is COc1cc(C(Cl)(Cl)Cl)ccn1. The van der Waals surface area contributed by atoms with Crippen molar-refractivity contribution in [3.63, 3.8) is 0 Å². The van der Waals surface area contributed by atoms with Gasteiger partial charge in [-0.3, -0.25) is 0 Å². The average Bonchev–Trinajstić information content (AvgIpc) is 2.03. The van der Waals surface area contributed by atoms with Gasteiger partial charge in [-0.25, -0.2) is 4.98 Å². The van der Waals surface area contributed by atoms with E-state index in [-0.39, 0.29) is 0 Å². The molecule has 1 aromatic heterocycles. The highest BCUT2D eigenvalue weighted by Gasteiger charge is 2.23. The Kier molecular flexibility index (Phi) is 3.04. The minimum absolute atomic E-state index is 0.429. The van der Waals surface area contributed by atoms with Gasteiger partial charge in [0.15, 0.2) is 0 Å². The molecule has 0 unspecified atom stereocenters. The van der Waals surface area contributed by atoms with Gasteiger partial charge in [0.2, 0.25) is 9.67 Å². The predicted octanol–water partition coefficient (Wildman–Crippen LogP) is 2.92. The first-order valence-corrected chi connectivity index (χ1v) is 4.24. The van der Waals surface area contributed by atoms with Crippen molar-refractivity contribution < 1.29 is 4.74 Å². The van der Waals surface area contributed by atoms with Gasteiger partial charge < -0.3 is 4.74 Å². The second-order valence-corrected chi connectivity index (χ2v) is 4.37. The normalized spacial score (nSPS) is 11.3. The smallest absolute Gasteiger partial charge is 0.216 e. The fraction of sp³-hybridized carbons (Fsp3) is 0.286. The maximum absolute atomic E-state index is 5.64. The summed E-state index contributed by atoms with van der Waals surface area (Å²) in [5.74, 6) is 0.429. The molecule has 2 nitrogen and oxygen atoms in total. The molecule has 0 amide bonds. The van der Waals surface area contributed by atoms with Crippen LogP contribution in [0.4, 0.5) is 0 Å². The molecule has 0 bridgehead atoms. The van der Waals surface area contributed by atoms with Crippen molar-refractivity contribution >= 4 is 34.8 Å². The standard InChI is InChI=1S/C7H6Cl3NO/c1-12-6-4-5(2-3-11-6)7(8,9)10/h2-4H,1H3. The molecule has 0 saturated heterocycles. The van der Waals surface area contributed by atoms with Crippen molar-refractivity contribution in [1.29, 1.82) is 0 Å². The summed E-state index contributed by atoms with van der Waals surface area (Å²) in [6.45, 7) is 0. The number of aromatic nitrogens is 1. The topological polar surface area (TPSA) is 22.1 Å². The highest BCUT2D eigenvalue weighted by atomic mass is 35.6. The number of halogens is 3. The second-order valence-electron chi connectivity index (χ2n) is 2.08. The van der Waals surface area contributed by atoms with Gasteiger partial charge >= 0.3 is 0 Å². The Balaban J connectivity index is 3.02. The lowest BCUT2D eigenvalue weighted by atomic mass is 10.3. The summed E-state index contributed by atoms with van der Waals surface area (Å²) >= 11 is 16.9. The molecule has 12 heavy (non-hydrogen) atoms. The molecule has 0 saturated carbocycles. The molecule has 0 radical (unpaired) electrons. The third-order valence-corrected chi connectivity index (χ3v) is 1.93. The summed E-state index contributed by atoms with van der Waals surface area (Å²) < 4.78 is 3.44. The third-order valence-electron chi connectivity index (χ3n) is 1.27. The molecule has 0 atom stereocenters. The van der Waals surface area contributed by atoms with Crippen LogP contribution in [0.25, 0.3) is 0 Å². The number of ether oxygens (including phenoxy) is 1. The molecule has 1 rings (SSSR count). The molecule has 0 aliphatic heterocycles. The molecule has 0 aliphatic rings. The first-order chi connectivity index (χ1) is 5.54. The van der Waals surface area contributed by atoms with Crippen LogP contribution in [0.3, 0.4) is 0 Å². The average molecular weight is 226 g/mol. The van der Waals surface area contributed by atoms with E-state index in [9.17, 15) is 0 Å². The Morgan fingerprint density at radius 3 is 2.58 bits per heavy atom. The van der Waals surface area contributed by atoms with E-state index in [2.05, 4.69) is 4.98 Å². The number of methoxy groups -OCH3 is 1. The fourth-order valence-corrected chi connectivity index (χ4v) is 1.05. The number of hydrogen-bond donors (Lipinski definition) is 0. The molecule has 5 heteroatoms. The van der Waals surface area contributed by atoms with Crippen LogP contribution in [0.1, 0.15) is 5.56 Å². The van der Waals surface area contributed by atoms with Gasteiger partial charge in [0, 0.05) is 17.8 Å². The second kappa shape index (κ2) is 3.69. The van der Waals surface area contributed by atoms with Crippen LogP contribution in [0.15, 0.2) is 18.3 Å². The van der Waals surface area contributed by atoms with Gasteiger partial charge in [-0.2, -0.15) is 0 Å². The quantitative estimate of drug-likeness (QED) is 0.687. The van der Waals surface area contributed by atoms with E-state index in [1.165, 1.54) is 13.3 Å². The van der Waals surface area contributed by atoms with Crippen molar-refractivity contribution in [1.82, 2.24) is 4.98 Å². The van der Waals surface area contributed by atoms with Crippen molar-refractivity contribution in [3.8, 4) is 5.88 Å². The molecule has 66 valence electrons. The predicted molar refractivity (Wildman–Crippen MR) is 50.0 cm³/mol. The van der Waals surface area contributed by atoms with Gasteiger partial charge in [0.1, 0.15) is 0 Å². The Hall–Kier alpha value is -0.180. The van der Waals surface area contributed by atoms with Gasteiger partial charge in [0.05, 0.1) is 7.11 Å². The Morgan fingerprint density at radius 1 is 1.42 bits per heavy atom. The zero-order chi connectivity index (χ0) is 9.19. The lowest BCUT2D eigenvalue weighted by molar-refractivity contribution is 0.397. The molecule has 1 aromatic rings. The maximum Gasteiger partial charge on any atom is 0.216 e. The highest BCUT2D eigenvalue weighted by Crippen LogP contribution is 2.38. The van der Waals surface area contributed by atoms with Crippen molar-refractivity contribution in [2.24, 2.45) is 0 Å². The van der Waals surface area contributed by atoms with Crippen molar-refractivity contribution in [3.05, 3.63) is 23.9 Å². The zero-order valence-corrected chi connectivity index (χ0v) is 8.49. The molecule has 0 aromatic carbocycles. The summed E-state index contributed by atoms with van der Waals surface area (Å²) in [7, 11) is 1.50. The first kappa shape index (κ1) is 9.90. The Labute approximate surface area is 85.4 Å². The lowest BCUT2D eigenvalue weighted by Gasteiger charge is -2.10. The number of pyridine rings is 1. The summed E-state index contributed by atoms with van der Waals surface area (Å²) in [5, 5.41) is 0. The number of alkyl halides is 3. The van der Waals surface area contributed by atoms with E-state index in [4.69, 9.17) is 39.5 Å². The molecule has 0 spiro atoms. The van der Waals surface area contributed by atoms with Crippen LogP contribution < -0.4 is 4.74 Å². The molecular formula is C7H6Cl3NO. The van der Waals surface area contributed by atoms with Gasteiger partial charge in [-0.15, -0.1) is 0 Å². The van der Waals surface area contributed by atoms with E-state index in [1.807, 2.05) is 0 Å². The van der Waals surface area contributed by atoms with Crippen LogP contribution in [0, 0.1) is 0 Å². The number of hydrogen-bond acceptors (Lipinski definition) is 2. The first-order valence-electron chi connectivity index (χ1n) is 3.11. The van der Waals surface area contributed by atoms with E-state index in [0.717, 1.165) is 0 Å². The maximum atomic E-state index is 5.64. The van der Waals surface area contributed by atoms with Crippen LogP contribution in [-0.2, 0) is 3.79 Å². The Bertz CT molecular complexity index is 272. The lowest BCUT2D eigenvalue weighted by Crippen LogP contribution is -2.00. The van der Waals surface area contributed by atoms with Gasteiger partial charge in [-0.05, 0) is 6.07 Å². The van der Waals surface area contributed by atoms with Crippen LogP contribution >= 0.6 is 34.8 Å². The Morgan fingerprint density at radius 2 is 2.08 bits per heavy atom. The molecule has 0 aliphatic carbocycles. The van der Waals surface area contributed by atoms with Crippen LogP contribution in [0.5, 0.6) is 5.88 Å². The number of rotatable bonds is 1. The van der Waals surface area contributed by atoms with E-state index >= 15 is 0 Å². The minimum Gasteiger partial charge on any atom is -0.481 e. The van der Waals surface area contributed by atoms with Gasteiger partial charge in [-0.1, -0.05) is 34.8 Å². The minimum atomic E-state index is -1.42. The van der Waals surface area contributed by atoms with Crippen molar-refractivity contribution in [2.75, 3.05) is 7.11 Å². The third kappa shape index (κ3) is 2.41. The number of nitrogens with zero attached hydrogens (tertiary/aromatic N) is 1. The van der Waals surface area contributed by atoms with Crippen LogP contribution in [0.2, 0.25) is 0 Å². The monoisotopic (exact) mass is 225 g/mol. The zero-order valence-electron chi connectivity index (χ0n) is 6.22. The molecular weight excluding hydrogens is 220 g/mol. The largest absolute Gasteiger partial charge is 0.481 e. The van der Waals surface area contributed by atoms with Crippen molar-refractivity contribution in [2.45, 2.75) is 3.79 Å².